The molecular weight excluding hydrogens is 383 g/mol. The minimum absolute atomic E-state index is 0.0435. The summed E-state index contributed by atoms with van der Waals surface area (Å²) in [5.74, 6) is -0.943. The molecule has 3 rings (SSSR count). The van der Waals surface area contributed by atoms with E-state index in [0.29, 0.717) is 38.3 Å². The van der Waals surface area contributed by atoms with Crippen LogP contribution >= 0.6 is 0 Å². The topological polar surface area (TPSA) is 89.3 Å². The average molecular weight is 404 g/mol. The molecular formula is C20H21FN2O6. The van der Waals surface area contributed by atoms with Crippen LogP contribution in [0.3, 0.4) is 0 Å². The van der Waals surface area contributed by atoms with Gasteiger partial charge < -0.3 is 23.7 Å². The van der Waals surface area contributed by atoms with Crippen LogP contribution in [0.1, 0.15) is 23.0 Å². The molecule has 0 atom stereocenters. The van der Waals surface area contributed by atoms with E-state index in [2.05, 4.69) is 0 Å². The zero-order chi connectivity index (χ0) is 20.8. The molecule has 1 fully saturated rings. The molecule has 0 spiro atoms. The van der Waals surface area contributed by atoms with E-state index in [4.69, 9.17) is 13.9 Å². The Balaban J connectivity index is 1.58. The van der Waals surface area contributed by atoms with Crippen LogP contribution in [-0.4, -0.2) is 54.6 Å². The Labute approximate surface area is 166 Å². The van der Waals surface area contributed by atoms with Crippen LogP contribution in [0.2, 0.25) is 0 Å². The molecule has 0 unspecified atom stereocenters. The van der Waals surface area contributed by atoms with Crippen molar-refractivity contribution >= 4 is 12.0 Å². The summed E-state index contributed by atoms with van der Waals surface area (Å²) in [4.78, 5) is 39.5. The number of hydrogen-bond acceptors (Lipinski definition) is 6. The van der Waals surface area contributed by atoms with E-state index >= 15 is 0 Å². The summed E-state index contributed by atoms with van der Waals surface area (Å²) in [6.45, 7) is 3.38. The normalized spacial score (nSPS) is 13.9. The first-order valence-corrected chi connectivity index (χ1v) is 9.19. The molecule has 2 amide bonds. The SMILES string of the molecule is CCOC(=O)N1CCN(C(=O)c2cc(=O)c(OCc3ccc(F)cc3)co2)CC1. The van der Waals surface area contributed by atoms with Gasteiger partial charge in [0.2, 0.25) is 11.2 Å². The molecule has 1 aromatic heterocycles. The second-order valence-corrected chi connectivity index (χ2v) is 6.37. The second kappa shape index (κ2) is 9.22. The zero-order valence-corrected chi connectivity index (χ0v) is 15.9. The van der Waals surface area contributed by atoms with Gasteiger partial charge in [0, 0.05) is 32.2 Å². The van der Waals surface area contributed by atoms with Gasteiger partial charge in [-0.2, -0.15) is 0 Å². The molecule has 2 heterocycles. The van der Waals surface area contributed by atoms with Crippen molar-refractivity contribution in [2.24, 2.45) is 0 Å². The third kappa shape index (κ3) is 5.13. The van der Waals surface area contributed by atoms with E-state index in [9.17, 15) is 18.8 Å². The Morgan fingerprint density at radius 2 is 1.76 bits per heavy atom. The van der Waals surface area contributed by atoms with Crippen LogP contribution in [0.15, 0.2) is 45.8 Å². The Kier molecular flexibility index (Phi) is 6.48. The van der Waals surface area contributed by atoms with E-state index in [-0.39, 0.29) is 23.9 Å². The number of ether oxygens (including phenoxy) is 2. The summed E-state index contributed by atoms with van der Waals surface area (Å²) in [7, 11) is 0. The fourth-order valence-electron chi connectivity index (χ4n) is 2.82. The first kappa shape index (κ1) is 20.4. The van der Waals surface area contributed by atoms with E-state index in [1.165, 1.54) is 21.9 Å². The number of nitrogens with zero attached hydrogens (tertiary/aromatic N) is 2. The van der Waals surface area contributed by atoms with Crippen molar-refractivity contribution in [1.29, 1.82) is 0 Å². The number of carbonyl (C=O) groups is 2. The van der Waals surface area contributed by atoms with Gasteiger partial charge in [0.05, 0.1) is 6.61 Å². The number of rotatable bonds is 5. The number of amides is 2. The lowest BCUT2D eigenvalue weighted by atomic mass is 10.2. The molecule has 0 saturated carbocycles. The van der Waals surface area contributed by atoms with Crippen LogP contribution < -0.4 is 10.2 Å². The summed E-state index contributed by atoms with van der Waals surface area (Å²) >= 11 is 0. The molecule has 1 aliphatic heterocycles. The molecule has 0 aliphatic carbocycles. The first-order valence-electron chi connectivity index (χ1n) is 9.19. The number of hydrogen-bond donors (Lipinski definition) is 0. The van der Waals surface area contributed by atoms with Gasteiger partial charge in [0.25, 0.3) is 5.91 Å². The number of benzene rings is 1. The lowest BCUT2D eigenvalue weighted by Gasteiger charge is -2.33. The maximum absolute atomic E-state index is 12.9. The monoisotopic (exact) mass is 404 g/mol. The van der Waals surface area contributed by atoms with Gasteiger partial charge in [0.1, 0.15) is 18.7 Å². The summed E-state index contributed by atoms with van der Waals surface area (Å²) < 4.78 is 28.5. The fourth-order valence-corrected chi connectivity index (χ4v) is 2.82. The standard InChI is InChI=1S/C20H21FN2O6/c1-2-27-20(26)23-9-7-22(8-10-23)19(25)17-11-16(24)18(13-29-17)28-12-14-3-5-15(21)6-4-14/h3-6,11,13H,2,7-10,12H2,1H3. The number of carbonyl (C=O) groups excluding carboxylic acids is 2. The smallest absolute Gasteiger partial charge is 0.409 e. The van der Waals surface area contributed by atoms with Crippen molar-refractivity contribution in [3.8, 4) is 5.75 Å². The molecule has 9 heteroatoms. The van der Waals surface area contributed by atoms with E-state index in [0.717, 1.165) is 12.3 Å². The summed E-state index contributed by atoms with van der Waals surface area (Å²) in [5, 5.41) is 0. The van der Waals surface area contributed by atoms with Crippen LogP contribution in [0.5, 0.6) is 5.75 Å². The number of halogens is 1. The van der Waals surface area contributed by atoms with Crippen molar-refractivity contribution in [2.75, 3.05) is 32.8 Å². The van der Waals surface area contributed by atoms with Gasteiger partial charge in [0.15, 0.2) is 5.76 Å². The molecule has 0 N–H and O–H groups in total. The van der Waals surface area contributed by atoms with Gasteiger partial charge in [-0.1, -0.05) is 12.1 Å². The highest BCUT2D eigenvalue weighted by molar-refractivity contribution is 5.91. The van der Waals surface area contributed by atoms with Crippen LogP contribution in [0, 0.1) is 5.82 Å². The van der Waals surface area contributed by atoms with E-state index < -0.39 is 17.4 Å². The summed E-state index contributed by atoms with van der Waals surface area (Å²) in [6.07, 6.45) is 0.683. The molecule has 29 heavy (non-hydrogen) atoms. The summed E-state index contributed by atoms with van der Waals surface area (Å²) in [5.41, 5.74) is 0.192. The van der Waals surface area contributed by atoms with Crippen LogP contribution in [0.4, 0.5) is 9.18 Å². The maximum atomic E-state index is 12.9. The fraction of sp³-hybridized carbons (Fsp3) is 0.350. The van der Waals surface area contributed by atoms with E-state index in [1.807, 2.05) is 0 Å². The third-order valence-corrected chi connectivity index (χ3v) is 4.41. The molecule has 0 radical (unpaired) electrons. The van der Waals surface area contributed by atoms with Crippen molar-refractivity contribution in [1.82, 2.24) is 9.80 Å². The number of piperazine rings is 1. The Hall–Kier alpha value is -3.36. The highest BCUT2D eigenvalue weighted by Crippen LogP contribution is 2.13. The van der Waals surface area contributed by atoms with E-state index in [1.54, 1.807) is 19.1 Å². The molecule has 1 aliphatic rings. The predicted molar refractivity (Wildman–Crippen MR) is 100 cm³/mol. The third-order valence-electron chi connectivity index (χ3n) is 4.41. The Morgan fingerprint density at radius 3 is 2.38 bits per heavy atom. The quantitative estimate of drug-likeness (QED) is 0.760. The average Bonchev–Trinajstić information content (AvgIpc) is 2.74. The molecule has 1 aromatic carbocycles. The first-order chi connectivity index (χ1) is 14.0. The van der Waals surface area contributed by atoms with Crippen LogP contribution in [0.25, 0.3) is 0 Å². The van der Waals surface area contributed by atoms with Gasteiger partial charge in [-0.3, -0.25) is 9.59 Å². The predicted octanol–water partition coefficient (Wildman–Crippen LogP) is 2.27. The van der Waals surface area contributed by atoms with Crippen molar-refractivity contribution in [3.63, 3.8) is 0 Å². The molecule has 1 saturated heterocycles. The maximum Gasteiger partial charge on any atom is 0.409 e. The van der Waals surface area contributed by atoms with Crippen LogP contribution in [-0.2, 0) is 11.3 Å². The minimum atomic E-state index is -0.494. The second-order valence-electron chi connectivity index (χ2n) is 6.37. The Bertz CT molecular complexity index is 919. The lowest BCUT2D eigenvalue weighted by molar-refractivity contribution is 0.0543. The van der Waals surface area contributed by atoms with Crippen molar-refractivity contribution in [3.05, 3.63) is 64.0 Å². The molecule has 0 bridgehead atoms. The lowest BCUT2D eigenvalue weighted by Crippen LogP contribution is -2.50. The van der Waals surface area contributed by atoms with Gasteiger partial charge in [-0.15, -0.1) is 0 Å². The van der Waals surface area contributed by atoms with Gasteiger partial charge in [-0.05, 0) is 24.6 Å². The Morgan fingerprint density at radius 1 is 1.10 bits per heavy atom. The molecule has 2 aromatic rings. The highest BCUT2D eigenvalue weighted by atomic mass is 19.1. The minimum Gasteiger partial charge on any atom is -0.482 e. The van der Waals surface area contributed by atoms with Gasteiger partial charge >= 0.3 is 6.09 Å². The molecule has 154 valence electrons. The zero-order valence-electron chi connectivity index (χ0n) is 15.9. The highest BCUT2D eigenvalue weighted by Gasteiger charge is 2.27. The largest absolute Gasteiger partial charge is 0.482 e. The van der Waals surface area contributed by atoms with Gasteiger partial charge in [-0.25, -0.2) is 9.18 Å². The summed E-state index contributed by atoms with van der Waals surface area (Å²) in [6, 6.07) is 6.77. The van der Waals surface area contributed by atoms with Crippen molar-refractivity contribution in [2.45, 2.75) is 13.5 Å². The van der Waals surface area contributed by atoms with Crippen molar-refractivity contribution < 1.29 is 27.9 Å². The molecule has 8 nitrogen and oxygen atoms in total.